The molecular weight excluding hydrogens is 238 g/mol. The lowest BCUT2D eigenvalue weighted by Gasteiger charge is -2.11. The third kappa shape index (κ3) is 2.74. The molecule has 1 aromatic carbocycles. The van der Waals surface area contributed by atoms with Gasteiger partial charge in [-0.1, -0.05) is 12.1 Å². The van der Waals surface area contributed by atoms with E-state index in [2.05, 4.69) is 28.2 Å². The molecule has 0 bridgehead atoms. The largest absolute Gasteiger partial charge is 0.493 e. The Bertz CT molecular complexity index is 557. The van der Waals surface area contributed by atoms with Gasteiger partial charge in [-0.2, -0.15) is 0 Å². The van der Waals surface area contributed by atoms with E-state index in [0.717, 1.165) is 37.3 Å². The van der Waals surface area contributed by atoms with E-state index in [9.17, 15) is 0 Å². The average Bonchev–Trinajstić information content (AvgIpc) is 2.93. The van der Waals surface area contributed by atoms with Crippen molar-refractivity contribution in [2.45, 2.75) is 25.3 Å². The number of ether oxygens (including phenoxy) is 1. The van der Waals surface area contributed by atoms with Crippen molar-refractivity contribution in [1.82, 2.24) is 9.97 Å². The van der Waals surface area contributed by atoms with Crippen LogP contribution < -0.4 is 10.5 Å². The summed E-state index contributed by atoms with van der Waals surface area (Å²) in [5.41, 5.74) is 9.67. The third-order valence-corrected chi connectivity index (χ3v) is 3.48. The molecule has 0 aliphatic carbocycles. The van der Waals surface area contributed by atoms with Crippen molar-refractivity contribution in [3.8, 4) is 5.75 Å². The molecule has 2 aromatic rings. The molecule has 0 saturated heterocycles. The Kier molecular flexibility index (Phi) is 3.42. The smallest absolute Gasteiger partial charge is 0.122 e. The summed E-state index contributed by atoms with van der Waals surface area (Å²) in [7, 11) is 0. The molecule has 3 rings (SSSR count). The van der Waals surface area contributed by atoms with Gasteiger partial charge in [0.15, 0.2) is 0 Å². The van der Waals surface area contributed by atoms with Gasteiger partial charge in [-0.15, -0.1) is 0 Å². The molecule has 98 valence electrons. The first kappa shape index (κ1) is 12.1. The molecule has 0 amide bonds. The topological polar surface area (TPSA) is 61.0 Å². The predicted molar refractivity (Wildman–Crippen MR) is 72.9 cm³/mol. The van der Waals surface area contributed by atoms with Gasteiger partial charge >= 0.3 is 0 Å². The number of hydrogen-bond acceptors (Lipinski definition) is 4. The highest BCUT2D eigenvalue weighted by Crippen LogP contribution is 2.26. The van der Waals surface area contributed by atoms with E-state index in [-0.39, 0.29) is 6.04 Å². The number of aryl methyl sites for hydroxylation is 1. The first-order valence-electron chi connectivity index (χ1n) is 6.59. The molecule has 1 unspecified atom stereocenters. The zero-order valence-corrected chi connectivity index (χ0v) is 10.7. The minimum Gasteiger partial charge on any atom is -0.493 e. The fraction of sp³-hybridized carbons (Fsp3) is 0.333. The second-order valence-electron chi connectivity index (χ2n) is 4.82. The summed E-state index contributed by atoms with van der Waals surface area (Å²) in [5.74, 6) is 1.03. The monoisotopic (exact) mass is 255 g/mol. The van der Waals surface area contributed by atoms with Crippen molar-refractivity contribution in [2.24, 2.45) is 5.73 Å². The number of rotatable bonds is 4. The number of aromatic nitrogens is 2. The first-order valence-corrected chi connectivity index (χ1v) is 6.59. The average molecular weight is 255 g/mol. The molecule has 1 aliphatic heterocycles. The van der Waals surface area contributed by atoms with Gasteiger partial charge in [0.1, 0.15) is 12.1 Å². The van der Waals surface area contributed by atoms with E-state index in [1.165, 1.54) is 11.1 Å². The van der Waals surface area contributed by atoms with Crippen LogP contribution in [0, 0.1) is 0 Å². The fourth-order valence-electron chi connectivity index (χ4n) is 2.39. The van der Waals surface area contributed by atoms with Gasteiger partial charge in [-0.25, -0.2) is 9.97 Å². The van der Waals surface area contributed by atoms with Gasteiger partial charge in [-0.05, 0) is 36.1 Å². The second-order valence-corrected chi connectivity index (χ2v) is 4.82. The van der Waals surface area contributed by atoms with Crippen LogP contribution in [0.15, 0.2) is 36.8 Å². The molecule has 2 N–H and O–H groups in total. The zero-order valence-electron chi connectivity index (χ0n) is 10.7. The van der Waals surface area contributed by atoms with Gasteiger partial charge in [0, 0.05) is 18.7 Å². The van der Waals surface area contributed by atoms with Crippen LogP contribution in [0.2, 0.25) is 0 Å². The maximum absolute atomic E-state index is 6.14. The Morgan fingerprint density at radius 2 is 2.26 bits per heavy atom. The minimum absolute atomic E-state index is 0.0347. The van der Waals surface area contributed by atoms with E-state index >= 15 is 0 Å². The normalized spacial score (nSPS) is 14.8. The summed E-state index contributed by atoms with van der Waals surface area (Å²) in [6.07, 6.45) is 6.13. The highest BCUT2D eigenvalue weighted by atomic mass is 16.5. The highest BCUT2D eigenvalue weighted by Gasteiger charge is 2.13. The lowest BCUT2D eigenvalue weighted by Crippen LogP contribution is -2.13. The zero-order chi connectivity index (χ0) is 13.1. The van der Waals surface area contributed by atoms with Gasteiger partial charge in [0.05, 0.1) is 12.3 Å². The molecule has 0 spiro atoms. The maximum Gasteiger partial charge on any atom is 0.122 e. The Balaban J connectivity index is 1.63. The molecule has 19 heavy (non-hydrogen) atoms. The Labute approximate surface area is 112 Å². The predicted octanol–water partition coefficient (Wildman–Crippen LogP) is 2.04. The molecule has 0 fully saturated rings. The summed E-state index contributed by atoms with van der Waals surface area (Å²) in [6, 6.07) is 8.26. The summed E-state index contributed by atoms with van der Waals surface area (Å²) >= 11 is 0. The van der Waals surface area contributed by atoms with Crippen LogP contribution >= 0.6 is 0 Å². The molecular formula is C15H17N3O. The Morgan fingerprint density at radius 3 is 3.11 bits per heavy atom. The lowest BCUT2D eigenvalue weighted by atomic mass is 10.0. The van der Waals surface area contributed by atoms with Gasteiger partial charge in [-0.3, -0.25) is 0 Å². The van der Waals surface area contributed by atoms with Crippen LogP contribution in [0.5, 0.6) is 5.75 Å². The lowest BCUT2D eigenvalue weighted by molar-refractivity contribution is 0.357. The minimum atomic E-state index is -0.0347. The molecule has 0 radical (unpaired) electrons. The quantitative estimate of drug-likeness (QED) is 0.908. The highest BCUT2D eigenvalue weighted by molar-refractivity contribution is 5.39. The second kappa shape index (κ2) is 5.36. The Hall–Kier alpha value is -1.94. The van der Waals surface area contributed by atoms with Crippen molar-refractivity contribution in [3.05, 3.63) is 53.6 Å². The SMILES string of the molecule is NC(CCc1ccc2c(c1)CCO2)c1ccncn1. The van der Waals surface area contributed by atoms with Crippen LogP contribution in [-0.4, -0.2) is 16.6 Å². The molecule has 1 atom stereocenters. The summed E-state index contributed by atoms with van der Waals surface area (Å²) in [5, 5.41) is 0. The number of fused-ring (bicyclic) bond motifs is 1. The number of nitrogens with two attached hydrogens (primary N) is 1. The number of nitrogens with zero attached hydrogens (tertiary/aromatic N) is 2. The van der Waals surface area contributed by atoms with Crippen molar-refractivity contribution < 1.29 is 4.74 Å². The van der Waals surface area contributed by atoms with E-state index in [0.29, 0.717) is 0 Å². The van der Waals surface area contributed by atoms with Gasteiger partial charge in [0.25, 0.3) is 0 Å². The van der Waals surface area contributed by atoms with Crippen LogP contribution in [0.4, 0.5) is 0 Å². The van der Waals surface area contributed by atoms with Crippen molar-refractivity contribution in [3.63, 3.8) is 0 Å². The summed E-state index contributed by atoms with van der Waals surface area (Å²) in [4.78, 5) is 8.10. The van der Waals surface area contributed by atoms with E-state index < -0.39 is 0 Å². The first-order chi connectivity index (χ1) is 9.33. The van der Waals surface area contributed by atoms with Crippen molar-refractivity contribution in [1.29, 1.82) is 0 Å². The van der Waals surface area contributed by atoms with E-state index in [1.54, 1.807) is 12.5 Å². The summed E-state index contributed by atoms with van der Waals surface area (Å²) < 4.78 is 5.51. The Morgan fingerprint density at radius 1 is 1.32 bits per heavy atom. The molecule has 4 nitrogen and oxygen atoms in total. The van der Waals surface area contributed by atoms with Crippen LogP contribution in [0.3, 0.4) is 0 Å². The molecule has 2 heterocycles. The van der Waals surface area contributed by atoms with E-state index in [4.69, 9.17) is 10.5 Å². The fourth-order valence-corrected chi connectivity index (χ4v) is 2.39. The standard InChI is InChI=1S/C15H17N3O/c16-13(14-5-7-17-10-18-14)3-1-11-2-4-15-12(9-11)6-8-19-15/h2,4-5,7,9-10,13H,1,3,6,8,16H2. The van der Waals surface area contributed by atoms with Crippen LogP contribution in [-0.2, 0) is 12.8 Å². The van der Waals surface area contributed by atoms with Crippen LogP contribution in [0.25, 0.3) is 0 Å². The van der Waals surface area contributed by atoms with Gasteiger partial charge < -0.3 is 10.5 Å². The van der Waals surface area contributed by atoms with E-state index in [1.807, 2.05) is 6.07 Å². The molecule has 4 heteroatoms. The molecule has 0 saturated carbocycles. The number of hydrogen-bond donors (Lipinski definition) is 1. The summed E-state index contributed by atoms with van der Waals surface area (Å²) in [6.45, 7) is 0.805. The third-order valence-electron chi connectivity index (χ3n) is 3.48. The van der Waals surface area contributed by atoms with Crippen LogP contribution in [0.1, 0.15) is 29.3 Å². The maximum atomic E-state index is 6.14. The van der Waals surface area contributed by atoms with Crippen molar-refractivity contribution in [2.75, 3.05) is 6.61 Å². The molecule has 1 aliphatic rings. The number of benzene rings is 1. The van der Waals surface area contributed by atoms with Crippen molar-refractivity contribution >= 4 is 0 Å². The van der Waals surface area contributed by atoms with Gasteiger partial charge in [0.2, 0.25) is 0 Å². The molecule has 1 aromatic heterocycles.